The van der Waals surface area contributed by atoms with Gasteiger partial charge in [0.2, 0.25) is 0 Å². The molecule has 0 amide bonds. The molecule has 2 heterocycles. The van der Waals surface area contributed by atoms with Crippen LogP contribution in [0.1, 0.15) is 86.1 Å². The standard InChI is InChI=1S/C28H46BN3O3S/c1-25(2,3)36(33)31-28(30-8,18-12-13-19-29-34-26(4,5)27(6,7)35-29)24-16-20-32(21-17-24)22-23-14-10-9-11-15-23/h9-11,14-15,24,31H,12-13,16-22H2,1-7H3/t28?,36-/m1/s1. The van der Waals surface area contributed by atoms with Crippen molar-refractivity contribution in [2.75, 3.05) is 13.1 Å². The molecule has 0 aliphatic carbocycles. The highest BCUT2D eigenvalue weighted by atomic mass is 32.2. The van der Waals surface area contributed by atoms with E-state index in [4.69, 9.17) is 15.9 Å². The van der Waals surface area contributed by atoms with Crippen molar-refractivity contribution < 1.29 is 13.5 Å². The van der Waals surface area contributed by atoms with Crippen molar-refractivity contribution in [1.82, 2.24) is 9.62 Å². The normalized spacial score (nSPS) is 23.2. The van der Waals surface area contributed by atoms with E-state index in [0.29, 0.717) is 6.42 Å². The Balaban J connectivity index is 1.62. The Morgan fingerprint density at radius 3 is 2.19 bits per heavy atom. The zero-order valence-corrected chi connectivity index (χ0v) is 24.2. The highest BCUT2D eigenvalue weighted by Gasteiger charge is 2.51. The first-order valence-electron chi connectivity index (χ1n) is 13.5. The van der Waals surface area contributed by atoms with Crippen LogP contribution in [0.2, 0.25) is 6.32 Å². The van der Waals surface area contributed by atoms with Crippen LogP contribution < -0.4 is 4.72 Å². The maximum absolute atomic E-state index is 13.2. The number of rotatable bonds is 10. The minimum atomic E-state index is -1.30. The molecule has 1 unspecified atom stereocenters. The van der Waals surface area contributed by atoms with Gasteiger partial charge in [-0.05, 0) is 92.7 Å². The Bertz CT molecular complexity index is 904. The lowest BCUT2D eigenvalue weighted by atomic mass is 9.78. The molecule has 36 heavy (non-hydrogen) atoms. The quantitative estimate of drug-likeness (QED) is 0.242. The third-order valence-electron chi connectivity index (χ3n) is 8.09. The van der Waals surface area contributed by atoms with Gasteiger partial charge in [-0.1, -0.05) is 36.8 Å². The molecule has 0 spiro atoms. The minimum Gasteiger partial charge on any atom is -0.403 e. The molecule has 0 saturated carbocycles. The summed E-state index contributed by atoms with van der Waals surface area (Å²) in [5, 5.41) is 0. The van der Waals surface area contributed by atoms with Crippen molar-refractivity contribution in [3.63, 3.8) is 0 Å². The summed E-state index contributed by atoms with van der Waals surface area (Å²) >= 11 is 0. The molecule has 2 aliphatic rings. The summed E-state index contributed by atoms with van der Waals surface area (Å²) < 4.78 is 28.4. The van der Waals surface area contributed by atoms with Gasteiger partial charge in [0.1, 0.15) is 11.0 Å². The van der Waals surface area contributed by atoms with Crippen LogP contribution in [0.3, 0.4) is 0 Å². The van der Waals surface area contributed by atoms with Crippen LogP contribution in [0.25, 0.3) is 4.85 Å². The fraction of sp³-hybridized carbons (Fsp3) is 0.750. The summed E-state index contributed by atoms with van der Waals surface area (Å²) in [4.78, 5) is 6.66. The molecule has 3 rings (SSSR count). The third kappa shape index (κ3) is 7.20. The molecule has 0 aromatic heterocycles. The Morgan fingerprint density at radius 1 is 1.08 bits per heavy atom. The fourth-order valence-electron chi connectivity index (χ4n) is 5.02. The topological polar surface area (TPSA) is 55.2 Å². The molecule has 2 atom stereocenters. The monoisotopic (exact) mass is 515 g/mol. The van der Waals surface area contributed by atoms with E-state index in [1.165, 1.54) is 5.56 Å². The van der Waals surface area contributed by atoms with Crippen LogP contribution >= 0.6 is 0 Å². The van der Waals surface area contributed by atoms with Gasteiger partial charge in [-0.15, -0.1) is 0 Å². The first-order chi connectivity index (χ1) is 16.8. The lowest BCUT2D eigenvalue weighted by Crippen LogP contribution is -2.55. The Kier molecular flexibility index (Phi) is 9.49. The molecule has 0 bridgehead atoms. The first kappa shape index (κ1) is 29.3. The van der Waals surface area contributed by atoms with Crippen LogP contribution in [0, 0.1) is 12.5 Å². The predicted octanol–water partition coefficient (Wildman–Crippen LogP) is 5.83. The summed E-state index contributed by atoms with van der Waals surface area (Å²) in [7, 11) is -1.52. The van der Waals surface area contributed by atoms with E-state index in [1.54, 1.807) is 0 Å². The third-order valence-corrected chi connectivity index (χ3v) is 9.74. The number of likely N-dealkylation sites (tertiary alicyclic amines) is 1. The highest BCUT2D eigenvalue weighted by molar-refractivity contribution is 7.84. The zero-order valence-electron chi connectivity index (χ0n) is 23.4. The lowest BCUT2D eigenvalue weighted by molar-refractivity contribution is 0.00578. The molecule has 2 aliphatic heterocycles. The number of hydrogen-bond acceptors (Lipinski definition) is 4. The Morgan fingerprint density at radius 2 is 1.67 bits per heavy atom. The van der Waals surface area contributed by atoms with E-state index in [2.05, 4.69) is 66.4 Å². The zero-order chi connectivity index (χ0) is 26.6. The van der Waals surface area contributed by atoms with Gasteiger partial charge >= 0.3 is 7.12 Å². The first-order valence-corrected chi connectivity index (χ1v) is 14.6. The number of hydrogen-bond donors (Lipinski definition) is 1. The van der Waals surface area contributed by atoms with E-state index < -0.39 is 21.4 Å². The van der Waals surface area contributed by atoms with Crippen LogP contribution in [-0.2, 0) is 26.8 Å². The van der Waals surface area contributed by atoms with Gasteiger partial charge in [0, 0.05) is 13.0 Å². The molecule has 2 saturated heterocycles. The van der Waals surface area contributed by atoms with Gasteiger partial charge in [-0.25, -0.2) is 10.8 Å². The molecule has 1 aromatic rings. The van der Waals surface area contributed by atoms with Crippen LogP contribution in [0.5, 0.6) is 0 Å². The van der Waals surface area contributed by atoms with E-state index in [1.807, 2.05) is 26.8 Å². The molecule has 8 heteroatoms. The molecule has 6 nitrogen and oxygen atoms in total. The van der Waals surface area contributed by atoms with Gasteiger partial charge in [0.15, 0.2) is 0 Å². The predicted molar refractivity (Wildman–Crippen MR) is 150 cm³/mol. The molecule has 2 fully saturated rings. The van der Waals surface area contributed by atoms with Crippen LogP contribution in [-0.4, -0.2) is 50.9 Å². The maximum Gasteiger partial charge on any atom is 0.457 e. The van der Waals surface area contributed by atoms with E-state index >= 15 is 0 Å². The lowest BCUT2D eigenvalue weighted by Gasteiger charge is -2.38. The average Bonchev–Trinajstić information content (AvgIpc) is 3.02. The second kappa shape index (κ2) is 11.7. The van der Waals surface area contributed by atoms with Crippen molar-refractivity contribution in [2.24, 2.45) is 5.92 Å². The smallest absolute Gasteiger partial charge is 0.403 e. The largest absolute Gasteiger partial charge is 0.457 e. The SMILES string of the molecule is [C-]#[N+]C(CCCCB1OC(C)(C)C(C)(C)O1)(N[S@](=O)C(C)(C)C)C1CCN(Cc2ccccc2)CC1. The van der Waals surface area contributed by atoms with Crippen molar-refractivity contribution >= 4 is 18.1 Å². The fourth-order valence-corrected chi connectivity index (χ4v) is 5.96. The van der Waals surface area contributed by atoms with Gasteiger partial charge in [0.05, 0.1) is 21.9 Å². The number of benzene rings is 1. The Hall–Kier alpha value is -1.24. The molecule has 1 aromatic carbocycles. The van der Waals surface area contributed by atoms with E-state index in [0.717, 1.165) is 51.6 Å². The van der Waals surface area contributed by atoms with Crippen LogP contribution in [0.4, 0.5) is 0 Å². The highest BCUT2D eigenvalue weighted by Crippen LogP contribution is 2.39. The molecular formula is C28H46BN3O3S. The number of piperidine rings is 1. The average molecular weight is 516 g/mol. The number of nitrogens with zero attached hydrogens (tertiary/aromatic N) is 2. The summed E-state index contributed by atoms with van der Waals surface area (Å²) in [5.41, 5.74) is -0.136. The van der Waals surface area contributed by atoms with Crippen molar-refractivity contribution in [3.05, 3.63) is 47.3 Å². The maximum atomic E-state index is 13.2. The van der Waals surface area contributed by atoms with E-state index in [-0.39, 0.29) is 24.2 Å². The summed E-state index contributed by atoms with van der Waals surface area (Å²) in [6.45, 7) is 25.3. The molecule has 0 radical (unpaired) electrons. The van der Waals surface area contributed by atoms with Crippen molar-refractivity contribution in [2.45, 2.75) is 115 Å². The summed E-state index contributed by atoms with van der Waals surface area (Å²) in [6.07, 6.45) is 5.12. The summed E-state index contributed by atoms with van der Waals surface area (Å²) in [5.74, 6) is 0.171. The van der Waals surface area contributed by atoms with Gasteiger partial charge < -0.3 is 9.31 Å². The second-order valence-corrected chi connectivity index (χ2v) is 14.5. The molecule has 1 N–H and O–H groups in total. The minimum absolute atomic E-state index is 0.171. The molecule has 200 valence electrons. The number of unbranched alkanes of at least 4 members (excludes halogenated alkanes) is 1. The van der Waals surface area contributed by atoms with Crippen molar-refractivity contribution in [1.29, 1.82) is 0 Å². The molecular weight excluding hydrogens is 469 g/mol. The van der Waals surface area contributed by atoms with Gasteiger partial charge in [0.25, 0.3) is 5.66 Å². The van der Waals surface area contributed by atoms with E-state index in [9.17, 15) is 4.21 Å². The summed E-state index contributed by atoms with van der Waals surface area (Å²) in [6, 6.07) is 10.6. The van der Waals surface area contributed by atoms with Crippen molar-refractivity contribution in [3.8, 4) is 0 Å². The van der Waals surface area contributed by atoms with Gasteiger partial charge in [-0.2, -0.15) is 4.72 Å². The van der Waals surface area contributed by atoms with Gasteiger partial charge in [-0.3, -0.25) is 9.74 Å². The second-order valence-electron chi connectivity index (χ2n) is 12.5. The number of nitrogens with one attached hydrogen (secondary N) is 1. The Labute approximate surface area is 222 Å². The van der Waals surface area contributed by atoms with Crippen LogP contribution in [0.15, 0.2) is 30.3 Å².